The summed E-state index contributed by atoms with van der Waals surface area (Å²) in [5, 5.41) is 11.6. The van der Waals surface area contributed by atoms with Gasteiger partial charge in [0, 0.05) is 50.6 Å². The Bertz CT molecular complexity index is 1030. The Hall–Kier alpha value is -2.24. The van der Waals surface area contributed by atoms with Crippen molar-refractivity contribution in [1.29, 1.82) is 0 Å². The summed E-state index contributed by atoms with van der Waals surface area (Å²) in [4.78, 5) is 16.3. The molecule has 0 saturated carbocycles. The van der Waals surface area contributed by atoms with Crippen LogP contribution in [0.25, 0.3) is 0 Å². The number of anilines is 2. The molecule has 0 bridgehead atoms. The zero-order chi connectivity index (χ0) is 22.7. The second kappa shape index (κ2) is 9.72. The first-order valence-electron chi connectivity index (χ1n) is 11.0. The minimum atomic E-state index is -3.54. The Morgan fingerprint density at radius 2 is 1.78 bits per heavy atom. The van der Waals surface area contributed by atoms with Gasteiger partial charge < -0.3 is 15.1 Å². The number of carbonyl (C=O) groups excluding carboxylic acids is 1. The van der Waals surface area contributed by atoms with E-state index in [0.29, 0.717) is 43.0 Å². The van der Waals surface area contributed by atoms with Crippen molar-refractivity contribution < 1.29 is 13.2 Å². The normalized spacial score (nSPS) is 20.4. The van der Waals surface area contributed by atoms with Crippen molar-refractivity contribution in [3.8, 4) is 0 Å². The maximum Gasteiger partial charge on any atom is 0.252 e. The summed E-state index contributed by atoms with van der Waals surface area (Å²) in [5.74, 6) is 1.56. The molecule has 4 heterocycles. The van der Waals surface area contributed by atoms with E-state index in [0.717, 1.165) is 23.1 Å². The number of nitrogens with one attached hydrogen (secondary N) is 1. The number of nitrogens with zero attached hydrogens (tertiary/aromatic N) is 5. The second-order valence-electron chi connectivity index (χ2n) is 8.31. The number of rotatable bonds is 6. The lowest BCUT2D eigenvalue weighted by Gasteiger charge is -2.35. The third-order valence-electron chi connectivity index (χ3n) is 6.04. The smallest absolute Gasteiger partial charge is 0.252 e. The number of aromatic nitrogens is 2. The van der Waals surface area contributed by atoms with Gasteiger partial charge >= 0.3 is 0 Å². The monoisotopic (exact) mass is 478 g/mol. The van der Waals surface area contributed by atoms with E-state index in [4.69, 9.17) is 0 Å². The van der Waals surface area contributed by atoms with Crippen molar-refractivity contribution in [3.63, 3.8) is 0 Å². The first kappa shape index (κ1) is 22.9. The Morgan fingerprint density at radius 1 is 1.06 bits per heavy atom. The topological polar surface area (TPSA) is 98.7 Å². The second-order valence-corrected chi connectivity index (χ2v) is 11.6. The SMILES string of the molecule is CC(=O)NCc1ccc(S(=O)(=O)N2CCN(c3ccc(N4CCCCC4C)nn3)CC2)s1. The van der Waals surface area contributed by atoms with Crippen LogP contribution in [0.5, 0.6) is 0 Å². The first-order chi connectivity index (χ1) is 15.3. The number of sulfonamides is 1. The molecule has 0 aromatic carbocycles. The van der Waals surface area contributed by atoms with E-state index in [-0.39, 0.29) is 5.91 Å². The van der Waals surface area contributed by atoms with Crippen LogP contribution in [0, 0.1) is 0 Å². The molecule has 4 rings (SSSR count). The quantitative estimate of drug-likeness (QED) is 0.679. The highest BCUT2D eigenvalue weighted by Gasteiger charge is 2.30. The van der Waals surface area contributed by atoms with Crippen LogP contribution in [0.4, 0.5) is 11.6 Å². The summed E-state index contributed by atoms with van der Waals surface area (Å²) in [5.41, 5.74) is 0. The molecule has 1 N–H and O–H groups in total. The fourth-order valence-corrected chi connectivity index (χ4v) is 7.04. The first-order valence-corrected chi connectivity index (χ1v) is 13.3. The lowest BCUT2D eigenvalue weighted by Crippen LogP contribution is -2.48. The van der Waals surface area contributed by atoms with Gasteiger partial charge in [-0.05, 0) is 50.5 Å². The molecule has 2 saturated heterocycles. The predicted molar refractivity (Wildman–Crippen MR) is 126 cm³/mol. The average molecular weight is 479 g/mol. The van der Waals surface area contributed by atoms with Gasteiger partial charge in [0.15, 0.2) is 11.6 Å². The Morgan fingerprint density at radius 3 is 2.44 bits per heavy atom. The number of hydrogen-bond donors (Lipinski definition) is 1. The van der Waals surface area contributed by atoms with E-state index in [1.807, 2.05) is 12.1 Å². The van der Waals surface area contributed by atoms with E-state index in [1.54, 1.807) is 12.1 Å². The maximum atomic E-state index is 13.0. The number of carbonyl (C=O) groups is 1. The van der Waals surface area contributed by atoms with Gasteiger partial charge in [-0.3, -0.25) is 4.79 Å². The van der Waals surface area contributed by atoms with Crippen molar-refractivity contribution in [2.24, 2.45) is 0 Å². The van der Waals surface area contributed by atoms with E-state index in [2.05, 4.69) is 32.2 Å². The van der Waals surface area contributed by atoms with Gasteiger partial charge in [-0.1, -0.05) is 0 Å². The van der Waals surface area contributed by atoms with Crippen molar-refractivity contribution in [1.82, 2.24) is 19.8 Å². The molecular weight excluding hydrogens is 448 g/mol. The molecule has 2 aliphatic rings. The van der Waals surface area contributed by atoms with Crippen molar-refractivity contribution in [2.45, 2.75) is 49.9 Å². The highest BCUT2D eigenvalue weighted by Crippen LogP contribution is 2.27. The van der Waals surface area contributed by atoms with E-state index in [9.17, 15) is 13.2 Å². The van der Waals surface area contributed by atoms with Crippen LogP contribution in [0.1, 0.15) is 38.0 Å². The Labute approximate surface area is 193 Å². The van der Waals surface area contributed by atoms with Gasteiger partial charge in [-0.25, -0.2) is 8.42 Å². The van der Waals surface area contributed by atoms with Crippen molar-refractivity contribution in [3.05, 3.63) is 29.1 Å². The zero-order valence-electron chi connectivity index (χ0n) is 18.5. The maximum absolute atomic E-state index is 13.0. The van der Waals surface area contributed by atoms with Gasteiger partial charge in [-0.15, -0.1) is 21.5 Å². The van der Waals surface area contributed by atoms with Gasteiger partial charge in [0.1, 0.15) is 4.21 Å². The van der Waals surface area contributed by atoms with Crippen molar-refractivity contribution in [2.75, 3.05) is 42.5 Å². The minimum absolute atomic E-state index is 0.138. The van der Waals surface area contributed by atoms with Crippen LogP contribution in [0.2, 0.25) is 0 Å². The van der Waals surface area contributed by atoms with Crippen LogP contribution in [-0.4, -0.2) is 67.6 Å². The lowest BCUT2D eigenvalue weighted by atomic mass is 10.0. The molecule has 11 heteroatoms. The molecule has 2 aliphatic heterocycles. The number of hydrogen-bond acceptors (Lipinski definition) is 8. The van der Waals surface area contributed by atoms with Gasteiger partial charge in [-0.2, -0.15) is 4.31 Å². The average Bonchev–Trinajstić information content (AvgIpc) is 3.28. The van der Waals surface area contributed by atoms with Crippen molar-refractivity contribution >= 4 is 38.9 Å². The molecule has 2 aromatic heterocycles. The molecule has 0 radical (unpaired) electrons. The summed E-state index contributed by atoms with van der Waals surface area (Å²) in [7, 11) is -3.54. The fourth-order valence-electron chi connectivity index (χ4n) is 4.17. The molecule has 0 aliphatic carbocycles. The number of piperidine rings is 1. The van der Waals surface area contributed by atoms with Gasteiger partial charge in [0.2, 0.25) is 5.91 Å². The predicted octanol–water partition coefficient (Wildman–Crippen LogP) is 2.06. The summed E-state index contributed by atoms with van der Waals surface area (Å²) < 4.78 is 27.9. The van der Waals surface area contributed by atoms with Gasteiger partial charge in [0.05, 0.1) is 6.54 Å². The van der Waals surface area contributed by atoms with Crippen LogP contribution in [0.15, 0.2) is 28.5 Å². The van der Waals surface area contributed by atoms with E-state index < -0.39 is 10.0 Å². The summed E-state index contributed by atoms with van der Waals surface area (Å²) in [6.45, 7) is 6.95. The fraction of sp³-hybridized carbons (Fsp3) is 0.571. The number of thiophene rings is 1. The molecule has 0 spiro atoms. The number of piperazine rings is 1. The Balaban J connectivity index is 1.36. The molecule has 1 atom stereocenters. The molecule has 32 heavy (non-hydrogen) atoms. The van der Waals surface area contributed by atoms with Gasteiger partial charge in [0.25, 0.3) is 10.0 Å². The number of amides is 1. The lowest BCUT2D eigenvalue weighted by molar-refractivity contribution is -0.119. The molecule has 2 aromatic rings. The van der Waals surface area contributed by atoms with E-state index >= 15 is 0 Å². The van der Waals surface area contributed by atoms with Crippen LogP contribution in [0.3, 0.4) is 0 Å². The standard InChI is InChI=1S/C21H30N6O3S2/c1-16-5-3-4-10-27(16)20-8-7-19(23-24-20)25-11-13-26(14-12-25)32(29,30)21-9-6-18(31-21)15-22-17(2)28/h6-9,16H,3-5,10-15H2,1-2H3,(H,22,28). The van der Waals surface area contributed by atoms with E-state index in [1.165, 1.54) is 41.8 Å². The molecule has 1 amide bonds. The molecular formula is C21H30N6O3S2. The molecule has 174 valence electrons. The molecule has 9 nitrogen and oxygen atoms in total. The largest absolute Gasteiger partial charge is 0.352 e. The highest BCUT2D eigenvalue weighted by atomic mass is 32.2. The molecule has 2 fully saturated rings. The third kappa shape index (κ3) is 5.05. The van der Waals surface area contributed by atoms with Crippen LogP contribution < -0.4 is 15.1 Å². The summed E-state index contributed by atoms with van der Waals surface area (Å²) in [6.07, 6.45) is 3.63. The third-order valence-corrected chi connectivity index (χ3v) is 9.49. The summed E-state index contributed by atoms with van der Waals surface area (Å²) in [6, 6.07) is 7.87. The Kier molecular flexibility index (Phi) is 6.96. The van der Waals surface area contributed by atoms with Crippen LogP contribution in [-0.2, 0) is 21.4 Å². The highest BCUT2D eigenvalue weighted by molar-refractivity contribution is 7.91. The summed E-state index contributed by atoms with van der Waals surface area (Å²) >= 11 is 1.20. The van der Waals surface area contributed by atoms with Crippen LogP contribution >= 0.6 is 11.3 Å². The minimum Gasteiger partial charge on any atom is -0.352 e. The molecule has 1 unspecified atom stereocenters. The zero-order valence-corrected chi connectivity index (χ0v) is 20.2.